The summed E-state index contributed by atoms with van der Waals surface area (Å²) in [5.41, 5.74) is 1.90. The summed E-state index contributed by atoms with van der Waals surface area (Å²) in [7, 11) is 0. The van der Waals surface area contributed by atoms with Crippen LogP contribution in [0.1, 0.15) is 26.3 Å². The van der Waals surface area contributed by atoms with Crippen LogP contribution in [0.2, 0.25) is 0 Å². The number of hydrogen-bond donors (Lipinski definition) is 2. The van der Waals surface area contributed by atoms with Gasteiger partial charge >= 0.3 is 5.97 Å². The number of amides is 2. The lowest BCUT2D eigenvalue weighted by Crippen LogP contribution is -2.28. The number of esters is 1. The monoisotopic (exact) mass is 388 g/mol. The highest BCUT2D eigenvalue weighted by molar-refractivity contribution is 6.08. The molecule has 0 aromatic heterocycles. The van der Waals surface area contributed by atoms with Gasteiger partial charge in [-0.2, -0.15) is 0 Å². The number of carbonyl (C=O) groups excluding carboxylic acids is 3. The van der Waals surface area contributed by atoms with Gasteiger partial charge in [-0.05, 0) is 29.8 Å². The first-order valence-corrected chi connectivity index (χ1v) is 9.06. The van der Waals surface area contributed by atoms with Crippen molar-refractivity contribution in [3.05, 3.63) is 102 Å². The first-order chi connectivity index (χ1) is 14.1. The van der Waals surface area contributed by atoms with Gasteiger partial charge in [-0.1, -0.05) is 60.7 Å². The SMILES string of the molecule is O=C(COC(=O)c1ccccc1NC(=O)c1ccccc1)NCc1ccccc1. The Bertz CT molecular complexity index is 988. The van der Waals surface area contributed by atoms with Crippen molar-refractivity contribution in [1.82, 2.24) is 5.32 Å². The number of benzene rings is 3. The Labute approximate surface area is 168 Å². The summed E-state index contributed by atoms with van der Waals surface area (Å²) < 4.78 is 5.10. The molecule has 2 amide bonds. The van der Waals surface area contributed by atoms with Gasteiger partial charge in [0.1, 0.15) is 0 Å². The molecule has 0 heterocycles. The quantitative estimate of drug-likeness (QED) is 0.608. The molecule has 6 nitrogen and oxygen atoms in total. The predicted octanol–water partition coefficient (Wildman–Crippen LogP) is 3.41. The van der Waals surface area contributed by atoms with Gasteiger partial charge in [0.25, 0.3) is 11.8 Å². The normalized spacial score (nSPS) is 10.1. The second-order valence-corrected chi connectivity index (χ2v) is 6.20. The summed E-state index contributed by atoms with van der Waals surface area (Å²) in [6, 6.07) is 24.6. The second kappa shape index (κ2) is 9.85. The maximum absolute atomic E-state index is 12.4. The van der Waals surface area contributed by atoms with Crippen molar-refractivity contribution < 1.29 is 19.1 Å². The molecule has 0 saturated heterocycles. The molecule has 0 aliphatic rings. The molecule has 0 unspecified atom stereocenters. The third kappa shape index (κ3) is 5.77. The van der Waals surface area contributed by atoms with Crippen molar-refractivity contribution in [2.24, 2.45) is 0 Å². The molecule has 0 atom stereocenters. The van der Waals surface area contributed by atoms with Crippen LogP contribution in [0.15, 0.2) is 84.9 Å². The topological polar surface area (TPSA) is 84.5 Å². The van der Waals surface area contributed by atoms with Crippen molar-refractivity contribution in [2.45, 2.75) is 6.54 Å². The van der Waals surface area contributed by atoms with Crippen LogP contribution in [-0.2, 0) is 16.1 Å². The van der Waals surface area contributed by atoms with Crippen LogP contribution in [-0.4, -0.2) is 24.4 Å². The van der Waals surface area contributed by atoms with Crippen LogP contribution in [0.4, 0.5) is 5.69 Å². The largest absolute Gasteiger partial charge is 0.452 e. The van der Waals surface area contributed by atoms with Crippen molar-refractivity contribution in [3.8, 4) is 0 Å². The van der Waals surface area contributed by atoms with Gasteiger partial charge in [0.05, 0.1) is 11.3 Å². The van der Waals surface area contributed by atoms with Gasteiger partial charge in [0, 0.05) is 12.1 Å². The molecule has 146 valence electrons. The minimum Gasteiger partial charge on any atom is -0.452 e. The minimum absolute atomic E-state index is 0.174. The first-order valence-electron chi connectivity index (χ1n) is 9.06. The van der Waals surface area contributed by atoms with Crippen molar-refractivity contribution in [1.29, 1.82) is 0 Å². The Balaban J connectivity index is 1.57. The molecule has 0 aliphatic carbocycles. The van der Waals surface area contributed by atoms with Crippen LogP contribution < -0.4 is 10.6 Å². The molecule has 0 radical (unpaired) electrons. The van der Waals surface area contributed by atoms with Crippen LogP contribution >= 0.6 is 0 Å². The summed E-state index contributed by atoms with van der Waals surface area (Å²) in [5, 5.41) is 5.39. The summed E-state index contributed by atoms with van der Waals surface area (Å²) in [5.74, 6) is -1.44. The van der Waals surface area contributed by atoms with Gasteiger partial charge in [-0.15, -0.1) is 0 Å². The van der Waals surface area contributed by atoms with E-state index in [0.717, 1.165) is 5.56 Å². The maximum Gasteiger partial charge on any atom is 0.340 e. The Kier molecular flexibility index (Phi) is 6.73. The zero-order chi connectivity index (χ0) is 20.5. The highest BCUT2D eigenvalue weighted by Crippen LogP contribution is 2.17. The Morgan fingerprint density at radius 2 is 1.38 bits per heavy atom. The van der Waals surface area contributed by atoms with E-state index in [4.69, 9.17) is 4.74 Å². The standard InChI is InChI=1S/C23H20N2O4/c26-21(24-15-17-9-3-1-4-10-17)16-29-23(28)19-13-7-8-14-20(19)25-22(27)18-11-5-2-6-12-18/h1-14H,15-16H2,(H,24,26)(H,25,27). The van der Waals surface area contributed by atoms with Crippen molar-refractivity contribution >= 4 is 23.5 Å². The zero-order valence-corrected chi connectivity index (χ0v) is 15.6. The van der Waals surface area contributed by atoms with Crippen LogP contribution in [0.25, 0.3) is 0 Å². The molecule has 2 N–H and O–H groups in total. The van der Waals surface area contributed by atoms with Crippen molar-refractivity contribution in [2.75, 3.05) is 11.9 Å². The highest BCUT2D eigenvalue weighted by Gasteiger charge is 2.16. The molecular formula is C23H20N2O4. The van der Waals surface area contributed by atoms with Crippen molar-refractivity contribution in [3.63, 3.8) is 0 Å². The fourth-order valence-electron chi connectivity index (χ4n) is 2.61. The molecule has 29 heavy (non-hydrogen) atoms. The maximum atomic E-state index is 12.4. The molecule has 0 fully saturated rings. The van der Waals surface area contributed by atoms with E-state index in [1.165, 1.54) is 6.07 Å². The molecule has 3 aromatic carbocycles. The third-order valence-electron chi connectivity index (χ3n) is 4.10. The first kappa shape index (κ1) is 19.8. The van der Waals surface area contributed by atoms with Crippen LogP contribution in [0.3, 0.4) is 0 Å². The lowest BCUT2D eigenvalue weighted by Gasteiger charge is -2.11. The lowest BCUT2D eigenvalue weighted by molar-refractivity contribution is -0.124. The molecule has 0 bridgehead atoms. The summed E-state index contributed by atoms with van der Waals surface area (Å²) >= 11 is 0. The Hall–Kier alpha value is -3.93. The van der Waals surface area contributed by atoms with Crippen LogP contribution in [0, 0.1) is 0 Å². The third-order valence-corrected chi connectivity index (χ3v) is 4.10. The smallest absolute Gasteiger partial charge is 0.340 e. The second-order valence-electron chi connectivity index (χ2n) is 6.20. The Morgan fingerprint density at radius 1 is 0.759 bits per heavy atom. The fourth-order valence-corrected chi connectivity index (χ4v) is 2.61. The van der Waals surface area contributed by atoms with Gasteiger partial charge in [-0.3, -0.25) is 9.59 Å². The highest BCUT2D eigenvalue weighted by atomic mass is 16.5. The minimum atomic E-state index is -0.691. The number of rotatable bonds is 7. The zero-order valence-electron chi connectivity index (χ0n) is 15.6. The van der Waals surface area contributed by atoms with Gasteiger partial charge < -0.3 is 15.4 Å². The van der Waals surface area contributed by atoms with E-state index in [0.29, 0.717) is 17.8 Å². The van der Waals surface area contributed by atoms with Crippen LogP contribution in [0.5, 0.6) is 0 Å². The Morgan fingerprint density at radius 3 is 2.10 bits per heavy atom. The molecule has 0 aliphatic heterocycles. The van der Waals surface area contributed by atoms with E-state index < -0.39 is 18.5 Å². The number of nitrogens with one attached hydrogen (secondary N) is 2. The number of ether oxygens (including phenoxy) is 1. The number of anilines is 1. The number of hydrogen-bond acceptors (Lipinski definition) is 4. The van der Waals surface area contributed by atoms with E-state index in [9.17, 15) is 14.4 Å². The molecular weight excluding hydrogens is 368 g/mol. The van der Waals surface area contributed by atoms with Gasteiger partial charge in [0.15, 0.2) is 6.61 Å². The average Bonchev–Trinajstić information content (AvgIpc) is 2.77. The molecule has 6 heteroatoms. The van der Waals surface area contributed by atoms with E-state index in [-0.39, 0.29) is 11.5 Å². The summed E-state index contributed by atoms with van der Waals surface area (Å²) in [4.78, 5) is 36.7. The van der Waals surface area contributed by atoms with E-state index in [1.807, 2.05) is 36.4 Å². The lowest BCUT2D eigenvalue weighted by atomic mass is 10.1. The summed E-state index contributed by atoms with van der Waals surface area (Å²) in [6.07, 6.45) is 0. The fraction of sp³-hybridized carbons (Fsp3) is 0.0870. The van der Waals surface area contributed by atoms with E-state index >= 15 is 0 Å². The molecule has 3 rings (SSSR count). The number of para-hydroxylation sites is 1. The van der Waals surface area contributed by atoms with Gasteiger partial charge in [0.2, 0.25) is 0 Å². The van der Waals surface area contributed by atoms with E-state index in [1.54, 1.807) is 42.5 Å². The number of carbonyl (C=O) groups is 3. The molecule has 3 aromatic rings. The average molecular weight is 388 g/mol. The van der Waals surface area contributed by atoms with E-state index in [2.05, 4.69) is 10.6 Å². The molecule has 0 spiro atoms. The molecule has 0 saturated carbocycles. The summed E-state index contributed by atoms with van der Waals surface area (Å²) in [6.45, 7) is -0.0619. The van der Waals surface area contributed by atoms with Gasteiger partial charge in [-0.25, -0.2) is 4.79 Å². The predicted molar refractivity (Wildman–Crippen MR) is 109 cm³/mol.